The minimum atomic E-state index is -1.01. The van der Waals surface area contributed by atoms with Crippen molar-refractivity contribution in [1.82, 2.24) is 4.90 Å². The van der Waals surface area contributed by atoms with E-state index in [9.17, 15) is 24.4 Å². The first-order valence-corrected chi connectivity index (χ1v) is 10.0. The molecular weight excluding hydrogens is 405 g/mol. The number of nitro groups is 1. The zero-order valence-electron chi connectivity index (χ0n) is 17.7. The molecule has 0 aliphatic carbocycles. The average molecular weight is 431 g/mol. The normalized spacial score (nSPS) is 19.1. The van der Waals surface area contributed by atoms with Crippen LogP contribution in [0.1, 0.15) is 27.2 Å². The van der Waals surface area contributed by atoms with Crippen molar-refractivity contribution < 1.29 is 24.0 Å². The maximum atomic E-state index is 13.7. The van der Waals surface area contributed by atoms with E-state index in [-0.39, 0.29) is 12.2 Å². The number of carbonyl (C=O) groups excluding carboxylic acids is 1. The summed E-state index contributed by atoms with van der Waals surface area (Å²) in [5.41, 5.74) is -0.270. The topological polar surface area (TPSA) is 96.2 Å². The fourth-order valence-corrected chi connectivity index (χ4v) is 3.66. The molecule has 1 aliphatic rings. The fraction of sp³-hybridized carbons (Fsp3) is 0.409. The SMILES string of the molecule is CC(C)(C)OC(=O)N1CCC(N(c2ccccc2)c2ccc(F)cc2[N+](=O)[O-])[C@@H](O)C1. The predicted octanol–water partition coefficient (Wildman–Crippen LogP) is 4.24. The Morgan fingerprint density at radius 3 is 2.52 bits per heavy atom. The lowest BCUT2D eigenvalue weighted by molar-refractivity contribution is -0.384. The van der Waals surface area contributed by atoms with Crippen LogP contribution in [0.25, 0.3) is 0 Å². The van der Waals surface area contributed by atoms with E-state index in [1.165, 1.54) is 11.0 Å². The maximum Gasteiger partial charge on any atom is 0.410 e. The second kappa shape index (κ2) is 8.89. The number of benzene rings is 2. The van der Waals surface area contributed by atoms with Gasteiger partial charge < -0.3 is 19.6 Å². The molecule has 8 nitrogen and oxygen atoms in total. The van der Waals surface area contributed by atoms with Crippen LogP contribution in [-0.2, 0) is 4.74 Å². The van der Waals surface area contributed by atoms with Crippen molar-refractivity contribution >= 4 is 23.2 Å². The number of anilines is 2. The van der Waals surface area contributed by atoms with Gasteiger partial charge in [-0.1, -0.05) is 18.2 Å². The van der Waals surface area contributed by atoms with Crippen molar-refractivity contribution in [2.45, 2.75) is 44.9 Å². The number of aliphatic hydroxyl groups is 1. The maximum absolute atomic E-state index is 13.7. The average Bonchev–Trinajstić information content (AvgIpc) is 2.69. The van der Waals surface area contributed by atoms with Gasteiger partial charge in [-0.3, -0.25) is 10.1 Å². The summed E-state index contributed by atoms with van der Waals surface area (Å²) in [5, 5.41) is 22.6. The number of hydrogen-bond donors (Lipinski definition) is 1. The molecule has 0 bridgehead atoms. The molecule has 3 rings (SSSR count). The Morgan fingerprint density at radius 1 is 1.26 bits per heavy atom. The van der Waals surface area contributed by atoms with Crippen molar-refractivity contribution in [3.05, 3.63) is 64.5 Å². The number of likely N-dealkylation sites (tertiary alicyclic amines) is 1. The molecule has 1 saturated heterocycles. The first-order chi connectivity index (χ1) is 14.6. The lowest BCUT2D eigenvalue weighted by Gasteiger charge is -2.42. The molecule has 2 aromatic rings. The second-order valence-electron chi connectivity index (χ2n) is 8.45. The summed E-state index contributed by atoms with van der Waals surface area (Å²) in [4.78, 5) is 26.5. The summed E-state index contributed by atoms with van der Waals surface area (Å²) in [6.07, 6.45) is -1.20. The highest BCUT2D eigenvalue weighted by atomic mass is 19.1. The van der Waals surface area contributed by atoms with Crippen LogP contribution in [0.15, 0.2) is 48.5 Å². The van der Waals surface area contributed by atoms with Gasteiger partial charge in [-0.15, -0.1) is 0 Å². The van der Waals surface area contributed by atoms with Crippen molar-refractivity contribution in [3.63, 3.8) is 0 Å². The Balaban J connectivity index is 1.94. The highest BCUT2D eigenvalue weighted by molar-refractivity contribution is 5.73. The molecule has 2 aromatic carbocycles. The summed E-state index contributed by atoms with van der Waals surface area (Å²) >= 11 is 0. The number of ether oxygens (including phenoxy) is 1. The van der Waals surface area contributed by atoms with Crippen LogP contribution < -0.4 is 4.90 Å². The molecule has 166 valence electrons. The molecule has 0 aromatic heterocycles. The molecule has 1 fully saturated rings. The van der Waals surface area contributed by atoms with Crippen LogP contribution in [0.4, 0.5) is 26.2 Å². The standard InChI is InChI=1S/C22H26FN3O5/c1-22(2,3)31-21(28)24-12-11-18(20(27)14-24)25(16-7-5-4-6-8-16)17-10-9-15(23)13-19(17)26(29)30/h4-10,13,18,20,27H,11-12,14H2,1-3H3/t18?,20-/m0/s1. The van der Waals surface area contributed by atoms with E-state index >= 15 is 0 Å². The minimum absolute atomic E-state index is 0.0118. The molecule has 9 heteroatoms. The molecule has 0 spiro atoms. The van der Waals surface area contributed by atoms with Crippen LogP contribution >= 0.6 is 0 Å². The van der Waals surface area contributed by atoms with E-state index in [4.69, 9.17) is 4.74 Å². The van der Waals surface area contributed by atoms with Crippen LogP contribution in [-0.4, -0.2) is 51.9 Å². The third-order valence-corrected chi connectivity index (χ3v) is 4.96. The molecule has 1 amide bonds. The van der Waals surface area contributed by atoms with Gasteiger partial charge in [0.05, 0.1) is 29.7 Å². The number of nitrogens with zero attached hydrogens (tertiary/aromatic N) is 3. The highest BCUT2D eigenvalue weighted by Gasteiger charge is 2.38. The van der Waals surface area contributed by atoms with Gasteiger partial charge in [-0.25, -0.2) is 9.18 Å². The van der Waals surface area contributed by atoms with Gasteiger partial charge in [0.25, 0.3) is 5.69 Å². The number of aliphatic hydroxyl groups excluding tert-OH is 1. The Hall–Kier alpha value is -3.20. The number of β-amino-alcohol motifs (C(OH)–C–C–N with tert-alkyl or cyclic N) is 1. The predicted molar refractivity (Wildman–Crippen MR) is 114 cm³/mol. The number of para-hydroxylation sites is 1. The van der Waals surface area contributed by atoms with Gasteiger partial charge in [0.2, 0.25) is 0 Å². The number of rotatable bonds is 4. The van der Waals surface area contributed by atoms with E-state index in [0.717, 1.165) is 12.1 Å². The van der Waals surface area contributed by atoms with Gasteiger partial charge >= 0.3 is 6.09 Å². The quantitative estimate of drug-likeness (QED) is 0.575. The number of piperidine rings is 1. The molecule has 1 N–H and O–H groups in total. The van der Waals surface area contributed by atoms with Gasteiger partial charge in [-0.05, 0) is 51.5 Å². The monoisotopic (exact) mass is 431 g/mol. The van der Waals surface area contributed by atoms with Gasteiger partial charge in [-0.2, -0.15) is 0 Å². The van der Waals surface area contributed by atoms with Crippen LogP contribution in [0.5, 0.6) is 0 Å². The van der Waals surface area contributed by atoms with Gasteiger partial charge in [0.1, 0.15) is 17.1 Å². The summed E-state index contributed by atoms with van der Waals surface area (Å²) < 4.78 is 19.1. The summed E-state index contributed by atoms with van der Waals surface area (Å²) in [6.45, 7) is 5.60. The van der Waals surface area contributed by atoms with Crippen molar-refractivity contribution in [2.75, 3.05) is 18.0 Å². The largest absolute Gasteiger partial charge is 0.444 e. The van der Waals surface area contributed by atoms with Crippen LogP contribution in [0.2, 0.25) is 0 Å². The third kappa shape index (κ3) is 5.29. The molecule has 1 aliphatic heterocycles. The first kappa shape index (κ1) is 22.5. The van der Waals surface area contributed by atoms with E-state index in [2.05, 4.69) is 0 Å². The van der Waals surface area contributed by atoms with E-state index in [1.807, 2.05) is 6.07 Å². The zero-order chi connectivity index (χ0) is 22.8. The fourth-order valence-electron chi connectivity index (χ4n) is 3.66. The molecule has 1 unspecified atom stereocenters. The Morgan fingerprint density at radius 2 is 1.94 bits per heavy atom. The number of halogens is 1. The molecule has 31 heavy (non-hydrogen) atoms. The minimum Gasteiger partial charge on any atom is -0.444 e. The van der Waals surface area contributed by atoms with Crippen molar-refractivity contribution in [1.29, 1.82) is 0 Å². The number of nitro benzene ring substituents is 1. The molecular formula is C22H26FN3O5. The third-order valence-electron chi connectivity index (χ3n) is 4.96. The molecule has 0 saturated carbocycles. The summed E-state index contributed by atoms with van der Waals surface area (Å²) in [6, 6.07) is 11.7. The Bertz CT molecular complexity index is 948. The Kier molecular flexibility index (Phi) is 6.45. The van der Waals surface area contributed by atoms with Crippen molar-refractivity contribution in [3.8, 4) is 0 Å². The second-order valence-corrected chi connectivity index (χ2v) is 8.45. The smallest absolute Gasteiger partial charge is 0.410 e. The van der Waals surface area contributed by atoms with Gasteiger partial charge in [0.15, 0.2) is 0 Å². The lowest BCUT2D eigenvalue weighted by Crippen LogP contribution is -2.55. The van der Waals surface area contributed by atoms with E-state index in [0.29, 0.717) is 18.7 Å². The zero-order valence-corrected chi connectivity index (χ0v) is 17.7. The Labute approximate surface area is 180 Å². The van der Waals surface area contributed by atoms with Gasteiger partial charge in [0, 0.05) is 12.2 Å². The number of amides is 1. The van der Waals surface area contributed by atoms with Crippen molar-refractivity contribution in [2.24, 2.45) is 0 Å². The summed E-state index contributed by atoms with van der Waals surface area (Å²) in [7, 11) is 0. The van der Waals surface area contributed by atoms with Crippen LogP contribution in [0.3, 0.4) is 0 Å². The lowest BCUT2D eigenvalue weighted by atomic mass is 9.98. The molecule has 1 heterocycles. The first-order valence-electron chi connectivity index (χ1n) is 10.0. The van der Waals surface area contributed by atoms with E-state index in [1.54, 1.807) is 49.9 Å². The molecule has 0 radical (unpaired) electrons. The van der Waals surface area contributed by atoms with E-state index < -0.39 is 40.3 Å². The van der Waals surface area contributed by atoms with Crippen LogP contribution in [0, 0.1) is 15.9 Å². The highest BCUT2D eigenvalue weighted by Crippen LogP contribution is 2.38. The summed E-state index contributed by atoms with van der Waals surface area (Å²) in [5.74, 6) is -0.719. The number of carbonyl (C=O) groups is 1. The number of hydrogen-bond acceptors (Lipinski definition) is 6. The molecule has 2 atom stereocenters.